The van der Waals surface area contributed by atoms with Crippen molar-refractivity contribution in [1.82, 2.24) is 9.62 Å². The van der Waals surface area contributed by atoms with Crippen molar-refractivity contribution >= 4 is 55.0 Å². The number of hydrogen-bond acceptors (Lipinski definition) is 6. The average molecular weight is 534 g/mol. The summed E-state index contributed by atoms with van der Waals surface area (Å²) in [6.45, 7) is 0.0284. The number of nitrogens with zero attached hydrogens (tertiary/aromatic N) is 2. The number of benzene rings is 2. The third kappa shape index (κ3) is 8.49. The molecular weight excluding hydrogens is 506 g/mol. The van der Waals surface area contributed by atoms with Gasteiger partial charge in [0.05, 0.1) is 16.8 Å². The van der Waals surface area contributed by atoms with Crippen LogP contribution in [-0.2, 0) is 30.6 Å². The van der Waals surface area contributed by atoms with Crippen LogP contribution in [0.25, 0.3) is 0 Å². The fourth-order valence-corrected chi connectivity index (χ4v) is 5.56. The predicted octanol–water partition coefficient (Wildman–Crippen LogP) is 2.80. The number of hydrogen-bond donors (Lipinski definition) is 1. The van der Waals surface area contributed by atoms with Gasteiger partial charge >= 0.3 is 0 Å². The summed E-state index contributed by atoms with van der Waals surface area (Å²) in [4.78, 5) is 12.4. The van der Waals surface area contributed by atoms with Crippen molar-refractivity contribution in [1.29, 1.82) is 0 Å². The average Bonchev–Trinajstić information content (AvgIpc) is 2.75. The number of rotatable bonds is 12. The molecule has 0 heterocycles. The molecule has 0 unspecified atom stereocenters. The van der Waals surface area contributed by atoms with Gasteiger partial charge in [0, 0.05) is 31.4 Å². The third-order valence-corrected chi connectivity index (χ3v) is 8.90. The number of thioether (sulfide) groups is 1. The smallest absolute Gasteiger partial charge is 0.242 e. The fourth-order valence-electron chi connectivity index (χ4n) is 2.75. The van der Waals surface area contributed by atoms with Gasteiger partial charge in [-0.15, -0.1) is 0 Å². The molecule has 0 aliphatic carbocycles. The van der Waals surface area contributed by atoms with E-state index in [1.807, 2.05) is 24.3 Å². The van der Waals surface area contributed by atoms with Crippen LogP contribution >= 0.6 is 23.4 Å². The van der Waals surface area contributed by atoms with E-state index in [0.717, 1.165) is 32.8 Å². The summed E-state index contributed by atoms with van der Waals surface area (Å²) in [6, 6.07) is 13.0. The molecule has 8 nitrogen and oxygen atoms in total. The molecule has 2 rings (SSSR count). The first-order valence-electron chi connectivity index (χ1n) is 10.0. The Hall–Kier alpha value is -1.79. The molecule has 0 fully saturated rings. The van der Waals surface area contributed by atoms with Crippen LogP contribution in [0.4, 0.5) is 5.69 Å². The standard InChI is InChI=1S/C21H28ClN3O5S3/c1-24(2)33(29,30)20-11-9-19(10-12-20)25(32(3,27)28)15-21(26)23-13-4-14-31-16-17-5-7-18(22)8-6-17/h5-12H,4,13-16H2,1-3H3,(H,23,26). The van der Waals surface area contributed by atoms with Crippen LogP contribution in [0.15, 0.2) is 53.4 Å². The van der Waals surface area contributed by atoms with Gasteiger partial charge in [-0.1, -0.05) is 23.7 Å². The summed E-state index contributed by atoms with van der Waals surface area (Å²) < 4.78 is 50.9. The van der Waals surface area contributed by atoms with Gasteiger partial charge in [0.15, 0.2) is 0 Å². The second-order valence-electron chi connectivity index (χ2n) is 7.43. The number of nitrogens with one attached hydrogen (secondary N) is 1. The van der Waals surface area contributed by atoms with Crippen LogP contribution in [0.1, 0.15) is 12.0 Å². The van der Waals surface area contributed by atoms with Gasteiger partial charge in [-0.25, -0.2) is 21.1 Å². The fraction of sp³-hybridized carbons (Fsp3) is 0.381. The Kier molecular flexibility index (Phi) is 10.0. The van der Waals surface area contributed by atoms with Gasteiger partial charge in [-0.05, 0) is 54.1 Å². The van der Waals surface area contributed by atoms with Crippen LogP contribution in [0.5, 0.6) is 0 Å². The Morgan fingerprint density at radius 2 is 1.61 bits per heavy atom. The molecule has 2 aromatic carbocycles. The Labute approximate surface area is 205 Å². The van der Waals surface area contributed by atoms with Crippen LogP contribution in [-0.4, -0.2) is 66.2 Å². The predicted molar refractivity (Wildman–Crippen MR) is 135 cm³/mol. The lowest BCUT2D eigenvalue weighted by molar-refractivity contribution is -0.119. The minimum Gasteiger partial charge on any atom is -0.354 e. The minimum atomic E-state index is -3.75. The molecule has 1 amide bonds. The summed E-state index contributed by atoms with van der Waals surface area (Å²) >= 11 is 7.60. The van der Waals surface area contributed by atoms with E-state index in [1.165, 1.54) is 43.9 Å². The summed E-state index contributed by atoms with van der Waals surface area (Å²) in [6.07, 6.45) is 1.73. The van der Waals surface area contributed by atoms with Crippen molar-refractivity contribution in [3.05, 3.63) is 59.1 Å². The van der Waals surface area contributed by atoms with Crippen LogP contribution in [0, 0.1) is 0 Å². The zero-order valence-electron chi connectivity index (χ0n) is 18.7. The molecule has 0 aromatic heterocycles. The molecule has 0 atom stereocenters. The Bertz CT molecular complexity index is 1140. The number of amides is 1. The molecule has 2 aromatic rings. The van der Waals surface area contributed by atoms with Crippen molar-refractivity contribution in [3.8, 4) is 0 Å². The lowest BCUT2D eigenvalue weighted by Crippen LogP contribution is -2.40. The second-order valence-corrected chi connectivity index (χ2v) is 13.0. The van der Waals surface area contributed by atoms with Gasteiger partial charge in [0.2, 0.25) is 26.0 Å². The maximum Gasteiger partial charge on any atom is 0.242 e. The largest absolute Gasteiger partial charge is 0.354 e. The number of carbonyl (C=O) groups is 1. The Morgan fingerprint density at radius 1 is 1.00 bits per heavy atom. The molecular formula is C21H28ClN3O5S3. The van der Waals surface area contributed by atoms with Crippen LogP contribution < -0.4 is 9.62 Å². The van der Waals surface area contributed by atoms with Crippen molar-refractivity contribution in [3.63, 3.8) is 0 Å². The molecule has 1 N–H and O–H groups in total. The summed E-state index contributed by atoms with van der Waals surface area (Å²) in [5, 5.41) is 3.43. The Balaban J connectivity index is 1.87. The zero-order valence-corrected chi connectivity index (χ0v) is 21.9. The lowest BCUT2D eigenvalue weighted by Gasteiger charge is -2.22. The van der Waals surface area contributed by atoms with Gasteiger partial charge in [-0.2, -0.15) is 11.8 Å². The summed E-state index contributed by atoms with van der Waals surface area (Å²) in [7, 11) is -4.57. The maximum absolute atomic E-state index is 12.3. The highest BCUT2D eigenvalue weighted by Gasteiger charge is 2.22. The van der Waals surface area contributed by atoms with Gasteiger partial charge in [0.25, 0.3) is 0 Å². The molecule has 0 saturated carbocycles. The number of halogens is 1. The van der Waals surface area contributed by atoms with Gasteiger partial charge < -0.3 is 5.32 Å². The van der Waals surface area contributed by atoms with Crippen LogP contribution in [0.3, 0.4) is 0 Å². The third-order valence-electron chi connectivity index (χ3n) is 4.56. The van der Waals surface area contributed by atoms with Crippen molar-refractivity contribution < 1.29 is 21.6 Å². The molecule has 12 heteroatoms. The first-order valence-corrected chi connectivity index (χ1v) is 14.8. The van der Waals surface area contributed by atoms with E-state index in [-0.39, 0.29) is 10.6 Å². The topological polar surface area (TPSA) is 104 Å². The SMILES string of the molecule is CN(C)S(=O)(=O)c1ccc(N(CC(=O)NCCCSCc2ccc(Cl)cc2)S(C)(=O)=O)cc1. The first kappa shape index (κ1) is 27.5. The molecule has 182 valence electrons. The van der Waals surface area contributed by atoms with Crippen molar-refractivity contribution in [2.75, 3.05) is 43.5 Å². The van der Waals surface area contributed by atoms with E-state index in [9.17, 15) is 21.6 Å². The van der Waals surface area contributed by atoms with Crippen molar-refractivity contribution in [2.24, 2.45) is 0 Å². The van der Waals surface area contributed by atoms with E-state index in [4.69, 9.17) is 11.6 Å². The monoisotopic (exact) mass is 533 g/mol. The maximum atomic E-state index is 12.3. The molecule has 0 spiro atoms. The molecule has 0 bridgehead atoms. The highest BCUT2D eigenvalue weighted by atomic mass is 35.5. The molecule has 33 heavy (non-hydrogen) atoms. The highest BCUT2D eigenvalue weighted by Crippen LogP contribution is 2.21. The Morgan fingerprint density at radius 3 is 2.15 bits per heavy atom. The van der Waals surface area contributed by atoms with Gasteiger partial charge in [0.1, 0.15) is 6.54 Å². The summed E-state index contributed by atoms with van der Waals surface area (Å²) in [5.74, 6) is 1.24. The number of sulfonamides is 2. The zero-order chi connectivity index (χ0) is 24.6. The molecule has 0 aliphatic heterocycles. The minimum absolute atomic E-state index is 0.0326. The second kappa shape index (κ2) is 12.1. The normalized spacial score (nSPS) is 12.0. The van der Waals surface area contributed by atoms with E-state index >= 15 is 0 Å². The van der Waals surface area contributed by atoms with E-state index in [2.05, 4.69) is 5.32 Å². The lowest BCUT2D eigenvalue weighted by atomic mass is 10.2. The van der Waals surface area contributed by atoms with Crippen molar-refractivity contribution in [2.45, 2.75) is 17.1 Å². The molecule has 0 aliphatic rings. The van der Waals surface area contributed by atoms with E-state index in [1.54, 1.807) is 11.8 Å². The first-order chi connectivity index (χ1) is 15.4. The van der Waals surface area contributed by atoms with Gasteiger partial charge in [-0.3, -0.25) is 9.10 Å². The quantitative estimate of drug-likeness (QED) is 0.421. The molecule has 0 radical (unpaired) electrons. The summed E-state index contributed by atoms with van der Waals surface area (Å²) in [5.41, 5.74) is 1.38. The molecule has 0 saturated heterocycles. The number of anilines is 1. The highest BCUT2D eigenvalue weighted by molar-refractivity contribution is 7.98. The number of carbonyl (C=O) groups excluding carboxylic acids is 1. The van der Waals surface area contributed by atoms with Crippen LogP contribution in [0.2, 0.25) is 5.02 Å². The van der Waals surface area contributed by atoms with E-state index < -0.39 is 32.5 Å². The van der Waals surface area contributed by atoms with E-state index in [0.29, 0.717) is 11.6 Å².